The van der Waals surface area contributed by atoms with Crippen LogP contribution in [0, 0.1) is 0 Å². The molecule has 1 heterocycles. The average molecular weight is 406 g/mol. The number of ether oxygens (including phenoxy) is 1. The third kappa shape index (κ3) is 5.32. The third-order valence-electron chi connectivity index (χ3n) is 4.46. The lowest BCUT2D eigenvalue weighted by Crippen LogP contribution is -2.23. The molecule has 2 amide bonds. The number of methoxy groups -OCH3 is 1. The van der Waals surface area contributed by atoms with Gasteiger partial charge >= 0.3 is 0 Å². The van der Waals surface area contributed by atoms with Gasteiger partial charge in [-0.2, -0.15) is 5.10 Å². The van der Waals surface area contributed by atoms with Crippen molar-refractivity contribution in [3.8, 4) is 17.0 Å². The molecule has 3 N–H and O–H groups in total. The number of carbonyl (C=O) groups excluding carboxylic acids is 2. The Labute approximate surface area is 173 Å². The van der Waals surface area contributed by atoms with Gasteiger partial charge in [0.05, 0.1) is 12.8 Å². The zero-order valence-electron chi connectivity index (χ0n) is 16.5. The standard InChI is InChI=1S/C22H22N4O4/c1-30-18-5-2-4-16(14-18)19-11-12-21(28)26(25-19)13-3-6-20(27)24-17-9-7-15(8-10-17)22(23)29/h2,4-5,7-12,14H,3,6,13H2,1H3,(H2,23,29)(H,24,27). The molecular weight excluding hydrogens is 384 g/mol. The van der Waals surface area contributed by atoms with Crippen LogP contribution in [-0.4, -0.2) is 28.7 Å². The smallest absolute Gasteiger partial charge is 0.266 e. The lowest BCUT2D eigenvalue weighted by atomic mass is 10.1. The maximum Gasteiger partial charge on any atom is 0.266 e. The summed E-state index contributed by atoms with van der Waals surface area (Å²) in [5, 5.41) is 7.14. The number of carbonyl (C=O) groups is 2. The van der Waals surface area contributed by atoms with E-state index in [4.69, 9.17) is 10.5 Å². The van der Waals surface area contributed by atoms with E-state index in [1.807, 2.05) is 24.3 Å². The van der Waals surface area contributed by atoms with Crippen LogP contribution in [0.25, 0.3) is 11.3 Å². The van der Waals surface area contributed by atoms with Crippen molar-refractivity contribution in [2.45, 2.75) is 19.4 Å². The molecule has 154 valence electrons. The zero-order valence-corrected chi connectivity index (χ0v) is 16.5. The molecule has 8 heteroatoms. The molecule has 3 aromatic rings. The molecular formula is C22H22N4O4. The summed E-state index contributed by atoms with van der Waals surface area (Å²) >= 11 is 0. The molecule has 0 aliphatic rings. The summed E-state index contributed by atoms with van der Waals surface area (Å²) in [6.07, 6.45) is 0.661. The second kappa shape index (κ2) is 9.51. The minimum Gasteiger partial charge on any atom is -0.497 e. The van der Waals surface area contributed by atoms with Crippen LogP contribution in [-0.2, 0) is 11.3 Å². The van der Waals surface area contributed by atoms with E-state index in [2.05, 4.69) is 10.4 Å². The van der Waals surface area contributed by atoms with E-state index in [1.165, 1.54) is 10.7 Å². The lowest BCUT2D eigenvalue weighted by molar-refractivity contribution is -0.116. The molecule has 2 aromatic carbocycles. The summed E-state index contributed by atoms with van der Waals surface area (Å²) in [6.45, 7) is 0.310. The van der Waals surface area contributed by atoms with E-state index < -0.39 is 5.91 Å². The Morgan fingerprint density at radius 2 is 1.87 bits per heavy atom. The second-order valence-corrected chi connectivity index (χ2v) is 6.61. The summed E-state index contributed by atoms with van der Waals surface area (Å²) in [6, 6.07) is 16.9. The molecule has 0 unspecified atom stereocenters. The molecule has 0 saturated heterocycles. The minimum absolute atomic E-state index is 0.196. The van der Waals surface area contributed by atoms with E-state index >= 15 is 0 Å². The van der Waals surface area contributed by atoms with Crippen LogP contribution in [0.1, 0.15) is 23.2 Å². The predicted molar refractivity (Wildman–Crippen MR) is 113 cm³/mol. The van der Waals surface area contributed by atoms with Crippen molar-refractivity contribution < 1.29 is 14.3 Å². The Morgan fingerprint density at radius 1 is 1.10 bits per heavy atom. The fourth-order valence-corrected chi connectivity index (χ4v) is 2.88. The maximum absolute atomic E-state index is 12.1. The van der Waals surface area contributed by atoms with Gasteiger partial charge in [0.25, 0.3) is 5.56 Å². The molecule has 0 radical (unpaired) electrons. The first-order valence-corrected chi connectivity index (χ1v) is 9.38. The molecule has 0 bridgehead atoms. The normalized spacial score (nSPS) is 10.4. The van der Waals surface area contributed by atoms with Gasteiger partial charge < -0.3 is 15.8 Å². The Bertz CT molecular complexity index is 1110. The first-order chi connectivity index (χ1) is 14.5. The fourth-order valence-electron chi connectivity index (χ4n) is 2.88. The topological polar surface area (TPSA) is 116 Å². The fraction of sp³-hybridized carbons (Fsp3) is 0.182. The van der Waals surface area contributed by atoms with Crippen LogP contribution in [0.3, 0.4) is 0 Å². The number of rotatable bonds is 8. The van der Waals surface area contributed by atoms with Gasteiger partial charge in [0.2, 0.25) is 11.8 Å². The SMILES string of the molecule is COc1cccc(-c2ccc(=O)n(CCCC(=O)Nc3ccc(C(N)=O)cc3)n2)c1. The molecule has 30 heavy (non-hydrogen) atoms. The van der Waals surface area contributed by atoms with Crippen molar-refractivity contribution in [3.05, 3.63) is 76.6 Å². The number of primary amides is 1. The van der Waals surface area contributed by atoms with E-state index in [0.717, 1.165) is 5.56 Å². The van der Waals surface area contributed by atoms with Crippen molar-refractivity contribution >= 4 is 17.5 Å². The predicted octanol–water partition coefficient (Wildman–Crippen LogP) is 2.44. The third-order valence-corrected chi connectivity index (χ3v) is 4.46. The van der Waals surface area contributed by atoms with Crippen molar-refractivity contribution in [1.29, 1.82) is 0 Å². The summed E-state index contributed by atoms with van der Waals surface area (Å²) in [5.41, 5.74) is 7.38. The highest BCUT2D eigenvalue weighted by Crippen LogP contribution is 2.21. The van der Waals surface area contributed by atoms with Gasteiger partial charge in [-0.25, -0.2) is 4.68 Å². The van der Waals surface area contributed by atoms with E-state index in [0.29, 0.717) is 35.7 Å². The molecule has 8 nitrogen and oxygen atoms in total. The quantitative estimate of drug-likeness (QED) is 0.596. The highest BCUT2D eigenvalue weighted by atomic mass is 16.5. The van der Waals surface area contributed by atoms with E-state index in [9.17, 15) is 14.4 Å². The first-order valence-electron chi connectivity index (χ1n) is 9.38. The number of anilines is 1. The number of aromatic nitrogens is 2. The molecule has 3 rings (SSSR count). The Morgan fingerprint density at radius 3 is 2.57 bits per heavy atom. The molecule has 0 fully saturated rings. The Balaban J connectivity index is 1.59. The number of nitrogens with zero attached hydrogens (tertiary/aromatic N) is 2. The number of benzene rings is 2. The van der Waals surface area contributed by atoms with E-state index in [1.54, 1.807) is 37.4 Å². The lowest BCUT2D eigenvalue weighted by Gasteiger charge is -2.09. The van der Waals surface area contributed by atoms with Gasteiger partial charge in [0.15, 0.2) is 0 Å². The number of hydrogen-bond acceptors (Lipinski definition) is 5. The average Bonchev–Trinajstić information content (AvgIpc) is 2.75. The largest absolute Gasteiger partial charge is 0.497 e. The van der Waals surface area contributed by atoms with Gasteiger partial charge in [-0.15, -0.1) is 0 Å². The first kappa shape index (κ1) is 20.8. The summed E-state index contributed by atoms with van der Waals surface area (Å²) in [7, 11) is 1.59. The molecule has 0 aliphatic heterocycles. The Hall–Kier alpha value is -3.94. The number of nitrogens with two attached hydrogens (primary N) is 1. The molecule has 0 atom stereocenters. The highest BCUT2D eigenvalue weighted by Gasteiger charge is 2.07. The molecule has 0 spiro atoms. The van der Waals surface area contributed by atoms with Crippen molar-refractivity contribution in [2.24, 2.45) is 5.73 Å². The van der Waals surface area contributed by atoms with Crippen LogP contribution in [0.15, 0.2) is 65.5 Å². The van der Waals surface area contributed by atoms with Gasteiger partial charge in [0, 0.05) is 35.8 Å². The zero-order chi connectivity index (χ0) is 21.5. The van der Waals surface area contributed by atoms with Gasteiger partial charge in [0.1, 0.15) is 5.75 Å². The number of amides is 2. The molecule has 1 aromatic heterocycles. The number of nitrogens with one attached hydrogen (secondary N) is 1. The van der Waals surface area contributed by atoms with Gasteiger partial charge in [-0.3, -0.25) is 14.4 Å². The van der Waals surface area contributed by atoms with Crippen molar-refractivity contribution in [1.82, 2.24) is 9.78 Å². The van der Waals surface area contributed by atoms with Crippen LogP contribution >= 0.6 is 0 Å². The maximum atomic E-state index is 12.1. The molecule has 0 aliphatic carbocycles. The monoisotopic (exact) mass is 406 g/mol. The van der Waals surface area contributed by atoms with Crippen molar-refractivity contribution in [3.63, 3.8) is 0 Å². The van der Waals surface area contributed by atoms with Crippen LogP contribution < -0.4 is 21.3 Å². The highest BCUT2D eigenvalue weighted by molar-refractivity contribution is 5.94. The summed E-state index contributed by atoms with van der Waals surface area (Å²) in [5.74, 6) is -0.0200. The van der Waals surface area contributed by atoms with E-state index in [-0.39, 0.29) is 17.9 Å². The van der Waals surface area contributed by atoms with Crippen LogP contribution in [0.2, 0.25) is 0 Å². The van der Waals surface area contributed by atoms with Crippen LogP contribution in [0.5, 0.6) is 5.75 Å². The molecule has 0 saturated carbocycles. The van der Waals surface area contributed by atoms with Crippen LogP contribution in [0.4, 0.5) is 5.69 Å². The van der Waals surface area contributed by atoms with Gasteiger partial charge in [-0.1, -0.05) is 12.1 Å². The van der Waals surface area contributed by atoms with Crippen molar-refractivity contribution in [2.75, 3.05) is 12.4 Å². The number of hydrogen-bond donors (Lipinski definition) is 2. The summed E-state index contributed by atoms with van der Waals surface area (Å²) < 4.78 is 6.58. The second-order valence-electron chi connectivity index (χ2n) is 6.61. The van der Waals surface area contributed by atoms with Gasteiger partial charge in [-0.05, 0) is 48.9 Å². The minimum atomic E-state index is -0.526. The Kier molecular flexibility index (Phi) is 6.59. The number of aryl methyl sites for hydroxylation is 1. The summed E-state index contributed by atoms with van der Waals surface area (Å²) in [4.78, 5) is 35.3.